The summed E-state index contributed by atoms with van der Waals surface area (Å²) in [5, 5.41) is 6.51. The number of nitrogens with zero attached hydrogens (tertiary/aromatic N) is 3. The standard InChI is InChI=1S/C16H23N5OS/c1-12-14(19-11-18-12)9-21-5-2-16(3-6-21)8-13(10-22-16)20-15-17-4-7-23-15/h4,7,11,13H,2-3,5-6,8-10H2,1H3,(H,17,20)(H,18,19). The molecule has 0 amide bonds. The fourth-order valence-corrected chi connectivity index (χ4v) is 4.24. The Morgan fingerprint density at radius 2 is 2.30 bits per heavy atom. The van der Waals surface area contributed by atoms with E-state index in [0.29, 0.717) is 6.04 Å². The number of ether oxygens (including phenoxy) is 1. The number of imidazole rings is 1. The molecule has 2 aliphatic rings. The van der Waals surface area contributed by atoms with Gasteiger partial charge in [0, 0.05) is 36.9 Å². The van der Waals surface area contributed by atoms with Crippen LogP contribution in [0.5, 0.6) is 0 Å². The second-order valence-electron chi connectivity index (χ2n) is 6.63. The molecular formula is C16H23N5OS. The van der Waals surface area contributed by atoms with E-state index >= 15 is 0 Å². The van der Waals surface area contributed by atoms with Crippen molar-refractivity contribution in [2.75, 3.05) is 25.0 Å². The van der Waals surface area contributed by atoms with Gasteiger partial charge >= 0.3 is 0 Å². The molecule has 2 aromatic rings. The van der Waals surface area contributed by atoms with Crippen LogP contribution in [0.3, 0.4) is 0 Å². The number of piperidine rings is 1. The smallest absolute Gasteiger partial charge is 0.182 e. The molecule has 1 spiro atoms. The third-order valence-electron chi connectivity index (χ3n) is 5.04. The van der Waals surface area contributed by atoms with E-state index < -0.39 is 0 Å². The van der Waals surface area contributed by atoms with Crippen molar-refractivity contribution in [3.8, 4) is 0 Å². The van der Waals surface area contributed by atoms with Gasteiger partial charge in [-0.3, -0.25) is 4.90 Å². The minimum absolute atomic E-state index is 0.0616. The highest BCUT2D eigenvalue weighted by Crippen LogP contribution is 2.37. The largest absolute Gasteiger partial charge is 0.373 e. The van der Waals surface area contributed by atoms with E-state index in [1.54, 1.807) is 17.7 Å². The molecule has 2 aromatic heterocycles. The number of hydrogen-bond donors (Lipinski definition) is 2. The number of aryl methyl sites for hydroxylation is 1. The lowest BCUT2D eigenvalue weighted by Gasteiger charge is -2.38. The fraction of sp³-hybridized carbons (Fsp3) is 0.625. The van der Waals surface area contributed by atoms with Crippen LogP contribution in [0.4, 0.5) is 5.13 Å². The second-order valence-corrected chi connectivity index (χ2v) is 7.52. The van der Waals surface area contributed by atoms with Crippen LogP contribution in [0.25, 0.3) is 0 Å². The van der Waals surface area contributed by atoms with Crippen LogP contribution >= 0.6 is 11.3 Å². The molecule has 0 aromatic carbocycles. The summed E-state index contributed by atoms with van der Waals surface area (Å²) >= 11 is 1.65. The summed E-state index contributed by atoms with van der Waals surface area (Å²) in [7, 11) is 0. The zero-order chi connectivity index (χ0) is 15.7. The normalized spacial score (nSPS) is 24.3. The maximum absolute atomic E-state index is 6.22. The lowest BCUT2D eigenvalue weighted by Crippen LogP contribution is -2.44. The number of aromatic nitrogens is 3. The van der Waals surface area contributed by atoms with Gasteiger partial charge < -0.3 is 15.0 Å². The molecule has 0 aliphatic carbocycles. The number of rotatable bonds is 4. The molecule has 1 unspecified atom stereocenters. The molecule has 2 saturated heterocycles. The Balaban J connectivity index is 1.30. The van der Waals surface area contributed by atoms with Crippen molar-refractivity contribution >= 4 is 16.5 Å². The van der Waals surface area contributed by atoms with Crippen LogP contribution in [0.15, 0.2) is 17.9 Å². The van der Waals surface area contributed by atoms with E-state index in [1.165, 1.54) is 5.69 Å². The lowest BCUT2D eigenvalue weighted by molar-refractivity contribution is -0.0449. The summed E-state index contributed by atoms with van der Waals surface area (Å²) in [5.41, 5.74) is 2.40. The molecule has 23 heavy (non-hydrogen) atoms. The van der Waals surface area contributed by atoms with Gasteiger partial charge in [0.1, 0.15) is 0 Å². The van der Waals surface area contributed by atoms with E-state index in [4.69, 9.17) is 4.74 Å². The zero-order valence-corrected chi connectivity index (χ0v) is 14.2. The average molecular weight is 333 g/mol. The number of nitrogens with one attached hydrogen (secondary N) is 2. The molecule has 124 valence electrons. The van der Waals surface area contributed by atoms with Gasteiger partial charge in [0.25, 0.3) is 0 Å². The predicted octanol–water partition coefficient (Wildman–Crippen LogP) is 2.41. The van der Waals surface area contributed by atoms with E-state index in [2.05, 4.69) is 32.1 Å². The molecule has 1 atom stereocenters. The van der Waals surface area contributed by atoms with Crippen LogP contribution in [0, 0.1) is 6.92 Å². The molecular weight excluding hydrogens is 310 g/mol. The molecule has 2 fully saturated rings. The first-order chi connectivity index (χ1) is 11.2. The fourth-order valence-electron chi connectivity index (χ4n) is 3.63. The number of likely N-dealkylation sites (tertiary alicyclic amines) is 1. The predicted molar refractivity (Wildman–Crippen MR) is 90.7 cm³/mol. The molecule has 0 saturated carbocycles. The maximum atomic E-state index is 6.22. The summed E-state index contributed by atoms with van der Waals surface area (Å²) in [4.78, 5) is 14.4. The molecule has 6 nitrogen and oxygen atoms in total. The van der Waals surface area contributed by atoms with Crippen molar-refractivity contribution in [1.29, 1.82) is 0 Å². The summed E-state index contributed by atoms with van der Waals surface area (Å²) in [6.07, 6.45) is 6.92. The minimum atomic E-state index is 0.0616. The molecule has 7 heteroatoms. The second kappa shape index (κ2) is 6.22. The summed E-state index contributed by atoms with van der Waals surface area (Å²) < 4.78 is 6.22. The van der Waals surface area contributed by atoms with Gasteiger partial charge in [-0.2, -0.15) is 0 Å². The Hall–Kier alpha value is -1.44. The van der Waals surface area contributed by atoms with Crippen LogP contribution in [0.2, 0.25) is 0 Å². The lowest BCUT2D eigenvalue weighted by atomic mass is 9.87. The average Bonchev–Trinajstić information content (AvgIpc) is 3.27. The van der Waals surface area contributed by atoms with Gasteiger partial charge in [0.15, 0.2) is 5.13 Å². The van der Waals surface area contributed by atoms with E-state index in [1.807, 2.05) is 11.6 Å². The third-order valence-corrected chi connectivity index (χ3v) is 5.75. The molecule has 0 radical (unpaired) electrons. The van der Waals surface area contributed by atoms with Gasteiger partial charge in [-0.15, -0.1) is 11.3 Å². The quantitative estimate of drug-likeness (QED) is 0.899. The number of aromatic amines is 1. The third kappa shape index (κ3) is 3.27. The number of H-pyrrole nitrogens is 1. The summed E-state index contributed by atoms with van der Waals surface area (Å²) in [6.45, 7) is 5.97. The summed E-state index contributed by atoms with van der Waals surface area (Å²) in [6, 6.07) is 0.390. The van der Waals surface area contributed by atoms with Crippen LogP contribution in [-0.2, 0) is 11.3 Å². The number of anilines is 1. The molecule has 0 bridgehead atoms. The van der Waals surface area contributed by atoms with Gasteiger partial charge in [-0.1, -0.05) is 0 Å². The highest BCUT2D eigenvalue weighted by Gasteiger charge is 2.42. The van der Waals surface area contributed by atoms with Crippen molar-refractivity contribution in [2.45, 2.75) is 44.4 Å². The van der Waals surface area contributed by atoms with Gasteiger partial charge in [-0.25, -0.2) is 9.97 Å². The molecule has 2 aliphatic heterocycles. The van der Waals surface area contributed by atoms with Crippen molar-refractivity contribution in [2.24, 2.45) is 0 Å². The van der Waals surface area contributed by atoms with Crippen LogP contribution in [0.1, 0.15) is 30.7 Å². The van der Waals surface area contributed by atoms with Crippen LogP contribution < -0.4 is 5.32 Å². The monoisotopic (exact) mass is 333 g/mol. The van der Waals surface area contributed by atoms with Crippen molar-refractivity contribution < 1.29 is 4.74 Å². The molecule has 2 N–H and O–H groups in total. The Kier molecular flexibility index (Phi) is 4.09. The van der Waals surface area contributed by atoms with Gasteiger partial charge in [0.2, 0.25) is 0 Å². The Labute approximate surface area is 140 Å². The zero-order valence-electron chi connectivity index (χ0n) is 13.4. The van der Waals surface area contributed by atoms with Crippen LogP contribution in [-0.4, -0.2) is 51.2 Å². The highest BCUT2D eigenvalue weighted by molar-refractivity contribution is 7.13. The van der Waals surface area contributed by atoms with E-state index in [9.17, 15) is 0 Å². The highest BCUT2D eigenvalue weighted by atomic mass is 32.1. The maximum Gasteiger partial charge on any atom is 0.182 e. The Bertz CT molecular complexity index is 633. The SMILES string of the molecule is Cc1[nH]cnc1CN1CCC2(CC1)CC(Nc1nccs1)CO2. The first-order valence-corrected chi connectivity index (χ1v) is 9.12. The van der Waals surface area contributed by atoms with Crippen molar-refractivity contribution in [1.82, 2.24) is 19.9 Å². The van der Waals surface area contributed by atoms with Crippen molar-refractivity contribution in [3.63, 3.8) is 0 Å². The first-order valence-electron chi connectivity index (χ1n) is 8.24. The number of thiazole rings is 1. The van der Waals surface area contributed by atoms with Gasteiger partial charge in [-0.05, 0) is 26.2 Å². The van der Waals surface area contributed by atoms with Gasteiger partial charge in [0.05, 0.1) is 30.3 Å². The Morgan fingerprint density at radius 3 is 3.00 bits per heavy atom. The molecule has 4 rings (SSSR count). The first kappa shape index (κ1) is 15.1. The topological polar surface area (TPSA) is 66.1 Å². The van der Waals surface area contributed by atoms with Crippen molar-refractivity contribution in [3.05, 3.63) is 29.3 Å². The minimum Gasteiger partial charge on any atom is -0.373 e. The van der Waals surface area contributed by atoms with E-state index in [0.717, 1.165) is 56.3 Å². The number of hydrogen-bond acceptors (Lipinski definition) is 6. The van der Waals surface area contributed by atoms with E-state index in [-0.39, 0.29) is 5.60 Å². The Morgan fingerprint density at radius 1 is 1.43 bits per heavy atom. The molecule has 4 heterocycles. The summed E-state index contributed by atoms with van der Waals surface area (Å²) in [5.74, 6) is 0.